The van der Waals surface area contributed by atoms with Gasteiger partial charge in [-0.25, -0.2) is 4.79 Å². The number of fused-ring (bicyclic) bond motifs is 1. The maximum absolute atomic E-state index is 11.9. The Labute approximate surface area is 110 Å². The van der Waals surface area contributed by atoms with Gasteiger partial charge in [0.1, 0.15) is 11.9 Å². The largest absolute Gasteiger partial charge is 0.465 e. The molecule has 5 heteroatoms. The zero-order valence-corrected chi connectivity index (χ0v) is 10.7. The van der Waals surface area contributed by atoms with Crippen LogP contribution >= 0.6 is 0 Å². The fourth-order valence-corrected chi connectivity index (χ4v) is 2.16. The van der Waals surface area contributed by atoms with Gasteiger partial charge in [-0.15, -0.1) is 0 Å². The van der Waals surface area contributed by atoms with Crippen molar-refractivity contribution in [1.29, 1.82) is 0 Å². The molecule has 0 saturated carbocycles. The van der Waals surface area contributed by atoms with Gasteiger partial charge in [-0.3, -0.25) is 9.59 Å². The van der Waals surface area contributed by atoms with Crippen molar-refractivity contribution in [3.05, 3.63) is 35.4 Å². The molecule has 100 valence electrons. The lowest BCUT2D eigenvalue weighted by Gasteiger charge is -2.19. The number of benzene rings is 1. The summed E-state index contributed by atoms with van der Waals surface area (Å²) in [7, 11) is 0. The zero-order valence-electron chi connectivity index (χ0n) is 10.7. The Bertz CT molecular complexity index is 534. The highest BCUT2D eigenvalue weighted by molar-refractivity contribution is 6.01. The Hall–Kier alpha value is -2.17. The fraction of sp³-hybridized carbons (Fsp3) is 0.357. The van der Waals surface area contributed by atoms with Gasteiger partial charge in [0.2, 0.25) is 0 Å². The first kappa shape index (κ1) is 13.3. The summed E-state index contributed by atoms with van der Waals surface area (Å²) in [6.07, 6.45) is -0.889. The van der Waals surface area contributed by atoms with Crippen molar-refractivity contribution in [2.45, 2.75) is 20.0 Å². The molecule has 2 rings (SSSR count). The third-order valence-electron chi connectivity index (χ3n) is 3.00. The highest BCUT2D eigenvalue weighted by Crippen LogP contribution is 2.36. The van der Waals surface area contributed by atoms with E-state index in [2.05, 4.69) is 0 Å². The Balaban J connectivity index is 2.37. The predicted molar refractivity (Wildman–Crippen MR) is 65.4 cm³/mol. The van der Waals surface area contributed by atoms with Crippen LogP contribution < -0.4 is 0 Å². The minimum Gasteiger partial charge on any atom is -0.465 e. The molecule has 2 atom stereocenters. The van der Waals surface area contributed by atoms with Gasteiger partial charge < -0.3 is 9.47 Å². The Morgan fingerprint density at radius 2 is 2.05 bits per heavy atom. The van der Waals surface area contributed by atoms with Gasteiger partial charge in [-0.05, 0) is 19.9 Å². The van der Waals surface area contributed by atoms with Gasteiger partial charge in [0.25, 0.3) is 0 Å². The van der Waals surface area contributed by atoms with Crippen molar-refractivity contribution in [1.82, 2.24) is 0 Å². The van der Waals surface area contributed by atoms with E-state index in [1.807, 2.05) is 0 Å². The second-order valence-electron chi connectivity index (χ2n) is 4.25. The van der Waals surface area contributed by atoms with Crippen LogP contribution in [0.5, 0.6) is 0 Å². The molecular weight excluding hydrogens is 248 g/mol. The van der Waals surface area contributed by atoms with Crippen LogP contribution in [0.3, 0.4) is 0 Å². The quantitative estimate of drug-likeness (QED) is 0.609. The molecule has 0 amide bonds. The summed E-state index contributed by atoms with van der Waals surface area (Å²) < 4.78 is 10.0. The normalized spacial score (nSPS) is 18.4. The average Bonchev–Trinajstić information content (AvgIpc) is 2.68. The summed E-state index contributed by atoms with van der Waals surface area (Å²) in [6.45, 7) is 3.12. The number of rotatable bonds is 4. The maximum Gasteiger partial charge on any atom is 0.339 e. The van der Waals surface area contributed by atoms with E-state index in [0.29, 0.717) is 11.1 Å². The Morgan fingerprint density at radius 3 is 2.68 bits per heavy atom. The van der Waals surface area contributed by atoms with Gasteiger partial charge in [0.05, 0.1) is 12.2 Å². The third-order valence-corrected chi connectivity index (χ3v) is 3.00. The molecule has 1 aromatic rings. The molecule has 19 heavy (non-hydrogen) atoms. The maximum atomic E-state index is 11.9. The number of carbonyl (C=O) groups excluding carboxylic acids is 3. The molecule has 0 spiro atoms. The first-order valence-electron chi connectivity index (χ1n) is 6.03. The van der Waals surface area contributed by atoms with Gasteiger partial charge in [0, 0.05) is 5.56 Å². The van der Waals surface area contributed by atoms with Gasteiger partial charge in [0.15, 0.2) is 5.92 Å². The smallest absolute Gasteiger partial charge is 0.339 e. The van der Waals surface area contributed by atoms with Gasteiger partial charge in [-0.2, -0.15) is 0 Å². The monoisotopic (exact) mass is 262 g/mol. The lowest BCUT2D eigenvalue weighted by molar-refractivity contribution is -0.155. The number of ketones is 1. The van der Waals surface area contributed by atoms with E-state index in [0.717, 1.165) is 0 Å². The molecule has 2 unspecified atom stereocenters. The molecule has 0 N–H and O–H groups in total. The summed E-state index contributed by atoms with van der Waals surface area (Å²) in [6, 6.07) is 6.73. The summed E-state index contributed by atoms with van der Waals surface area (Å²) in [5, 5.41) is 0. The molecule has 0 aromatic heterocycles. The Morgan fingerprint density at radius 1 is 1.37 bits per heavy atom. The van der Waals surface area contributed by atoms with E-state index in [-0.39, 0.29) is 12.4 Å². The number of carbonyl (C=O) groups is 3. The molecule has 5 nitrogen and oxygen atoms in total. The van der Waals surface area contributed by atoms with Crippen molar-refractivity contribution in [2.24, 2.45) is 5.92 Å². The van der Waals surface area contributed by atoms with Crippen LogP contribution in [0, 0.1) is 5.92 Å². The SMILES string of the molecule is CCOC(=O)C(C(C)=O)C1OC(=O)c2ccccc21. The molecular formula is C14H14O5. The lowest BCUT2D eigenvalue weighted by Crippen LogP contribution is -2.30. The standard InChI is InChI=1S/C14H14O5/c1-3-18-14(17)11(8(2)15)12-9-6-4-5-7-10(9)13(16)19-12/h4-7,11-12H,3H2,1-2H3. The predicted octanol–water partition coefficient (Wildman–Crippen LogP) is 1.67. The van der Waals surface area contributed by atoms with Crippen molar-refractivity contribution < 1.29 is 23.9 Å². The van der Waals surface area contributed by atoms with Crippen molar-refractivity contribution in [2.75, 3.05) is 6.61 Å². The number of cyclic esters (lactones) is 1. The van der Waals surface area contributed by atoms with E-state index in [1.165, 1.54) is 6.92 Å². The minimum atomic E-state index is -1.10. The van der Waals surface area contributed by atoms with Crippen molar-refractivity contribution >= 4 is 17.7 Å². The highest BCUT2D eigenvalue weighted by Gasteiger charge is 2.43. The van der Waals surface area contributed by atoms with Crippen LogP contribution in [0.15, 0.2) is 24.3 Å². The molecule has 0 radical (unpaired) electrons. The second-order valence-corrected chi connectivity index (χ2v) is 4.25. The molecule has 0 saturated heterocycles. The summed E-state index contributed by atoms with van der Waals surface area (Å²) >= 11 is 0. The number of ether oxygens (including phenoxy) is 2. The van der Waals surface area contributed by atoms with Crippen molar-refractivity contribution in [3.63, 3.8) is 0 Å². The van der Waals surface area contributed by atoms with E-state index in [9.17, 15) is 14.4 Å². The third kappa shape index (κ3) is 2.36. The van der Waals surface area contributed by atoms with Crippen molar-refractivity contribution in [3.8, 4) is 0 Å². The molecule has 0 fully saturated rings. The van der Waals surface area contributed by atoms with Crippen LogP contribution in [0.25, 0.3) is 0 Å². The van der Waals surface area contributed by atoms with Crippen LogP contribution in [0.2, 0.25) is 0 Å². The second kappa shape index (κ2) is 5.22. The van der Waals surface area contributed by atoms with Crippen LogP contribution in [-0.2, 0) is 19.1 Å². The number of esters is 2. The Kier molecular flexibility index (Phi) is 3.64. The molecule has 1 aliphatic rings. The van der Waals surface area contributed by atoms with Gasteiger partial charge >= 0.3 is 11.9 Å². The van der Waals surface area contributed by atoms with Crippen LogP contribution in [-0.4, -0.2) is 24.3 Å². The van der Waals surface area contributed by atoms with Crippen LogP contribution in [0.4, 0.5) is 0 Å². The first-order valence-corrected chi connectivity index (χ1v) is 6.03. The van der Waals surface area contributed by atoms with E-state index < -0.39 is 24.0 Å². The molecule has 1 heterocycles. The number of Topliss-reactive ketones (excluding diaryl/α,β-unsaturated/α-hetero) is 1. The topological polar surface area (TPSA) is 69.7 Å². The zero-order chi connectivity index (χ0) is 14.0. The van der Waals surface area contributed by atoms with E-state index in [4.69, 9.17) is 9.47 Å². The van der Waals surface area contributed by atoms with E-state index >= 15 is 0 Å². The molecule has 0 bridgehead atoms. The molecule has 0 aliphatic carbocycles. The summed E-state index contributed by atoms with van der Waals surface area (Å²) in [4.78, 5) is 35.2. The molecule has 1 aromatic carbocycles. The minimum absolute atomic E-state index is 0.172. The summed E-state index contributed by atoms with van der Waals surface area (Å²) in [5.41, 5.74) is 0.948. The van der Waals surface area contributed by atoms with E-state index in [1.54, 1.807) is 31.2 Å². The van der Waals surface area contributed by atoms with Crippen LogP contribution in [0.1, 0.15) is 35.9 Å². The first-order chi connectivity index (χ1) is 9.06. The molecule has 1 aliphatic heterocycles. The fourth-order valence-electron chi connectivity index (χ4n) is 2.16. The highest BCUT2D eigenvalue weighted by atomic mass is 16.6. The number of hydrogen-bond donors (Lipinski definition) is 0. The van der Waals surface area contributed by atoms with Gasteiger partial charge in [-0.1, -0.05) is 18.2 Å². The number of hydrogen-bond acceptors (Lipinski definition) is 5. The summed E-state index contributed by atoms with van der Waals surface area (Å²) in [5.74, 6) is -2.67. The lowest BCUT2D eigenvalue weighted by atomic mass is 9.91. The average molecular weight is 262 g/mol.